The first-order valence-corrected chi connectivity index (χ1v) is 15.7. The molecule has 0 spiro atoms. The fraction of sp³-hybridized carbons (Fsp3) is 0.500. The summed E-state index contributed by atoms with van der Waals surface area (Å²) in [5.41, 5.74) is 8.15. The number of aryl methyl sites for hydroxylation is 3. The Morgan fingerprint density at radius 1 is 0.643 bits per heavy atom. The molecule has 6 heteroatoms. The number of fused-ring (bicyclic) bond motifs is 3. The highest BCUT2D eigenvalue weighted by Gasteiger charge is 2.21. The first kappa shape index (κ1) is 31.9. The quantitative estimate of drug-likeness (QED) is 0.316. The lowest BCUT2D eigenvalue weighted by Gasteiger charge is -2.26. The summed E-state index contributed by atoms with van der Waals surface area (Å²) in [7, 11) is 7.52. The molecule has 3 aliphatic rings. The molecule has 0 heterocycles. The monoisotopic (exact) mass is 573 g/mol. The second-order valence-corrected chi connectivity index (χ2v) is 11.6. The van der Waals surface area contributed by atoms with E-state index in [0.717, 1.165) is 55.7 Å². The lowest BCUT2D eigenvalue weighted by Crippen LogP contribution is -2.34. The largest absolute Gasteiger partial charge is 0.508 e. The van der Waals surface area contributed by atoms with Gasteiger partial charge in [0, 0.05) is 18.1 Å². The zero-order valence-electron chi connectivity index (χ0n) is 26.3. The molecule has 3 aromatic carbocycles. The highest BCUT2D eigenvalue weighted by atomic mass is 16.5. The molecule has 3 aliphatic carbocycles. The third kappa shape index (κ3) is 8.06. The SMILES string of the molecule is CCNC1CCc2cccc(OC)c2C1.CNC1CCc2cccc(O)c2C1.CNC1CCc2cccc(OC)c2C1. The molecule has 42 heavy (non-hydrogen) atoms. The molecular weight excluding hydrogens is 522 g/mol. The van der Waals surface area contributed by atoms with E-state index in [4.69, 9.17) is 9.47 Å². The van der Waals surface area contributed by atoms with Gasteiger partial charge in [-0.15, -0.1) is 0 Å². The van der Waals surface area contributed by atoms with Crippen LogP contribution in [0.2, 0.25) is 0 Å². The normalized spacial score (nSPS) is 20.4. The minimum Gasteiger partial charge on any atom is -0.508 e. The van der Waals surface area contributed by atoms with Crippen LogP contribution >= 0.6 is 0 Å². The van der Waals surface area contributed by atoms with Crippen molar-refractivity contribution in [2.45, 2.75) is 82.8 Å². The Balaban J connectivity index is 0.000000145. The van der Waals surface area contributed by atoms with E-state index in [0.29, 0.717) is 23.9 Å². The number of aromatic hydroxyl groups is 1. The van der Waals surface area contributed by atoms with Gasteiger partial charge >= 0.3 is 0 Å². The Bertz CT molecular complexity index is 1250. The number of likely N-dealkylation sites (N-methyl/N-ethyl adjacent to an activating group) is 3. The minimum absolute atomic E-state index is 0.456. The fourth-order valence-corrected chi connectivity index (χ4v) is 6.62. The molecular formula is C36H51N3O3. The third-order valence-electron chi connectivity index (χ3n) is 9.10. The van der Waals surface area contributed by atoms with Gasteiger partial charge in [0.1, 0.15) is 17.2 Å². The van der Waals surface area contributed by atoms with Gasteiger partial charge in [-0.05, 0) is 130 Å². The van der Waals surface area contributed by atoms with Crippen LogP contribution in [-0.2, 0) is 38.5 Å². The van der Waals surface area contributed by atoms with Crippen LogP contribution in [0.3, 0.4) is 0 Å². The molecule has 4 N–H and O–H groups in total. The summed E-state index contributed by atoms with van der Waals surface area (Å²) >= 11 is 0. The third-order valence-corrected chi connectivity index (χ3v) is 9.10. The van der Waals surface area contributed by atoms with Crippen molar-refractivity contribution in [2.24, 2.45) is 0 Å². The van der Waals surface area contributed by atoms with Gasteiger partial charge in [-0.25, -0.2) is 0 Å². The number of hydrogen-bond acceptors (Lipinski definition) is 6. The van der Waals surface area contributed by atoms with Crippen molar-refractivity contribution in [3.05, 3.63) is 88.0 Å². The molecule has 6 nitrogen and oxygen atoms in total. The van der Waals surface area contributed by atoms with Gasteiger partial charge < -0.3 is 30.5 Å². The predicted octanol–water partition coefficient (Wildman–Crippen LogP) is 5.40. The van der Waals surface area contributed by atoms with Crippen LogP contribution in [0.4, 0.5) is 0 Å². The summed E-state index contributed by atoms with van der Waals surface area (Å²) in [6.45, 7) is 3.22. The summed E-state index contributed by atoms with van der Waals surface area (Å²) in [5.74, 6) is 2.55. The first-order chi connectivity index (χ1) is 20.5. The van der Waals surface area contributed by atoms with Crippen molar-refractivity contribution in [1.29, 1.82) is 0 Å². The Hall–Kier alpha value is -3.06. The van der Waals surface area contributed by atoms with E-state index in [9.17, 15) is 5.11 Å². The average molecular weight is 574 g/mol. The molecule has 0 saturated carbocycles. The van der Waals surface area contributed by atoms with Gasteiger partial charge in [0.05, 0.1) is 14.2 Å². The molecule has 0 amide bonds. The molecule has 3 unspecified atom stereocenters. The van der Waals surface area contributed by atoms with Crippen molar-refractivity contribution >= 4 is 0 Å². The molecule has 3 atom stereocenters. The predicted molar refractivity (Wildman–Crippen MR) is 173 cm³/mol. The summed E-state index contributed by atoms with van der Waals surface area (Å²) in [6, 6.07) is 20.3. The molecule has 6 rings (SSSR count). The number of hydrogen-bond donors (Lipinski definition) is 4. The van der Waals surface area contributed by atoms with Crippen LogP contribution in [0.15, 0.2) is 54.6 Å². The van der Waals surface area contributed by atoms with Gasteiger partial charge in [-0.3, -0.25) is 0 Å². The standard InChI is InChI=1S/C13H19NO.C12H17NO.C11H15NO/c1-3-14-11-8-7-10-5-4-6-13(15-2)12(10)9-11;1-13-10-7-6-9-4-3-5-12(14-2)11(9)8-10;1-12-9-6-5-8-3-2-4-11(13)10(8)7-9/h4-6,11,14H,3,7-9H2,1-2H3;3-5,10,13H,6-8H2,1-2H3;2-4,9,12-13H,5-7H2,1H3. The van der Waals surface area contributed by atoms with Gasteiger partial charge in [-0.1, -0.05) is 43.3 Å². The summed E-state index contributed by atoms with van der Waals surface area (Å²) < 4.78 is 10.8. The average Bonchev–Trinajstić information content (AvgIpc) is 3.04. The van der Waals surface area contributed by atoms with Gasteiger partial charge in [0.2, 0.25) is 0 Å². The number of phenolic OH excluding ortho intramolecular Hbond substituents is 1. The smallest absolute Gasteiger partial charge is 0.122 e. The number of nitrogens with one attached hydrogen (secondary N) is 3. The Labute approximate surface area is 253 Å². The minimum atomic E-state index is 0.456. The van der Waals surface area contributed by atoms with Crippen LogP contribution < -0.4 is 25.4 Å². The van der Waals surface area contributed by atoms with E-state index in [-0.39, 0.29) is 0 Å². The van der Waals surface area contributed by atoms with Crippen molar-refractivity contribution in [1.82, 2.24) is 16.0 Å². The van der Waals surface area contributed by atoms with Crippen molar-refractivity contribution in [3.63, 3.8) is 0 Å². The molecule has 3 aromatic rings. The highest BCUT2D eigenvalue weighted by Crippen LogP contribution is 2.31. The lowest BCUT2D eigenvalue weighted by atomic mass is 9.87. The fourth-order valence-electron chi connectivity index (χ4n) is 6.62. The van der Waals surface area contributed by atoms with Crippen LogP contribution in [0.1, 0.15) is 59.6 Å². The zero-order chi connectivity index (χ0) is 29.9. The van der Waals surface area contributed by atoms with E-state index in [1.165, 1.54) is 53.5 Å². The van der Waals surface area contributed by atoms with Gasteiger partial charge in [0.15, 0.2) is 0 Å². The van der Waals surface area contributed by atoms with E-state index < -0.39 is 0 Å². The van der Waals surface area contributed by atoms with Crippen LogP contribution in [-0.4, -0.2) is 58.1 Å². The number of benzene rings is 3. The van der Waals surface area contributed by atoms with Crippen molar-refractivity contribution < 1.29 is 14.6 Å². The zero-order valence-corrected chi connectivity index (χ0v) is 26.3. The number of ether oxygens (including phenoxy) is 2. The van der Waals surface area contributed by atoms with Crippen LogP contribution in [0, 0.1) is 0 Å². The van der Waals surface area contributed by atoms with Crippen LogP contribution in [0.25, 0.3) is 0 Å². The van der Waals surface area contributed by atoms with Crippen molar-refractivity contribution in [2.75, 3.05) is 34.9 Å². The van der Waals surface area contributed by atoms with Gasteiger partial charge in [0.25, 0.3) is 0 Å². The maximum absolute atomic E-state index is 9.64. The summed E-state index contributed by atoms with van der Waals surface area (Å²) in [4.78, 5) is 0. The second kappa shape index (κ2) is 16.0. The van der Waals surface area contributed by atoms with E-state index >= 15 is 0 Å². The topological polar surface area (TPSA) is 74.8 Å². The molecule has 0 fully saturated rings. The molecule has 0 radical (unpaired) electrons. The molecule has 0 aliphatic heterocycles. The number of phenols is 1. The molecule has 0 bridgehead atoms. The lowest BCUT2D eigenvalue weighted by molar-refractivity contribution is 0.395. The summed E-state index contributed by atoms with van der Waals surface area (Å²) in [5, 5.41) is 19.8. The molecule has 0 saturated heterocycles. The summed E-state index contributed by atoms with van der Waals surface area (Å²) in [6.07, 6.45) is 10.2. The second-order valence-electron chi connectivity index (χ2n) is 11.6. The van der Waals surface area contributed by atoms with E-state index in [1.54, 1.807) is 20.3 Å². The Morgan fingerprint density at radius 2 is 1.07 bits per heavy atom. The number of rotatable bonds is 6. The van der Waals surface area contributed by atoms with Gasteiger partial charge in [-0.2, -0.15) is 0 Å². The van der Waals surface area contributed by atoms with Crippen molar-refractivity contribution in [3.8, 4) is 17.2 Å². The number of methoxy groups -OCH3 is 2. The Kier molecular flexibility index (Phi) is 12.1. The maximum atomic E-state index is 9.64. The van der Waals surface area contributed by atoms with Crippen LogP contribution in [0.5, 0.6) is 17.2 Å². The van der Waals surface area contributed by atoms with E-state index in [2.05, 4.69) is 65.3 Å². The first-order valence-electron chi connectivity index (χ1n) is 15.7. The maximum Gasteiger partial charge on any atom is 0.122 e. The highest BCUT2D eigenvalue weighted by molar-refractivity contribution is 5.44. The Morgan fingerprint density at radius 3 is 1.55 bits per heavy atom. The van der Waals surface area contributed by atoms with E-state index in [1.807, 2.05) is 20.2 Å². The molecule has 0 aromatic heterocycles. The molecule has 228 valence electrons.